The number of hydrogen-bond acceptors (Lipinski definition) is 10. The molecule has 8 aliphatic heterocycles. The number of Topliss-reactive ketones (excluding diaryl/α,β-unsaturated/α-hetero) is 2. The highest BCUT2D eigenvalue weighted by Crippen LogP contribution is 2.63. The molecule has 12 fully saturated rings. The third-order valence-corrected chi connectivity index (χ3v) is 13.4. The first kappa shape index (κ1) is 44.2. The standard InChI is InChI=1S/2C21H30F2N2O5/c2*1-18(2,3)29-16(27)24-9-11-7-20(24,13(11)22)15(26)21-8-12(14(21)23)10-25(21)17(28)30-19(4,5)6/h2*11-14H,7-10H2,1-6H3/t2*11-,12-,13-,14-,20-,21-/m11/s1. The molecule has 14 nitrogen and oxygen atoms in total. The number of hydrogen-bond donors (Lipinski definition) is 0. The summed E-state index contributed by atoms with van der Waals surface area (Å²) in [6.45, 7) is 20.4. The Bertz CT molecular complexity index is 1620. The van der Waals surface area contributed by atoms with Gasteiger partial charge in [0, 0.05) is 49.9 Å². The average molecular weight is 857 g/mol. The van der Waals surface area contributed by atoms with E-state index in [9.17, 15) is 28.8 Å². The van der Waals surface area contributed by atoms with Gasteiger partial charge in [0.25, 0.3) is 0 Å². The minimum atomic E-state index is -1.78. The van der Waals surface area contributed by atoms with E-state index in [2.05, 4.69) is 0 Å². The van der Waals surface area contributed by atoms with Crippen molar-refractivity contribution >= 4 is 35.9 Å². The van der Waals surface area contributed by atoms with E-state index in [0.717, 1.165) is 19.6 Å². The molecule has 0 N–H and O–H groups in total. The average Bonchev–Trinajstić information content (AvgIpc) is 3.95. The summed E-state index contributed by atoms with van der Waals surface area (Å²) in [4.78, 5) is 83.0. The molecule has 12 aliphatic rings. The fraction of sp³-hybridized carbons (Fsp3) is 0.857. The second-order valence-corrected chi connectivity index (χ2v) is 22.2. The van der Waals surface area contributed by atoms with Crippen LogP contribution >= 0.6 is 0 Å². The fourth-order valence-corrected chi connectivity index (χ4v) is 11.0. The molecule has 336 valence electrons. The number of alkyl halides is 4. The number of carbonyl (C=O) groups is 6. The van der Waals surface area contributed by atoms with Gasteiger partial charge >= 0.3 is 24.4 Å². The van der Waals surface area contributed by atoms with Crippen molar-refractivity contribution in [2.24, 2.45) is 23.7 Å². The van der Waals surface area contributed by atoms with Gasteiger partial charge in [-0.2, -0.15) is 0 Å². The molecular formula is C42H60F4N4O10. The summed E-state index contributed by atoms with van der Waals surface area (Å²) in [5.41, 5.74) is -10.4. The van der Waals surface area contributed by atoms with Gasteiger partial charge in [-0.05, 0) is 109 Å². The molecule has 0 spiro atoms. The molecule has 18 heteroatoms. The molecular weight excluding hydrogens is 796 g/mol. The van der Waals surface area contributed by atoms with Gasteiger partial charge in [-0.15, -0.1) is 0 Å². The number of amides is 4. The Hall–Kier alpha value is -3.86. The number of carbonyl (C=O) groups excluding carboxylic acids is 6. The quantitative estimate of drug-likeness (QED) is 0.226. The lowest BCUT2D eigenvalue weighted by Gasteiger charge is -2.52. The lowest BCUT2D eigenvalue weighted by Crippen LogP contribution is -2.74. The maximum Gasteiger partial charge on any atom is 0.411 e. The zero-order valence-corrected chi connectivity index (χ0v) is 36.7. The van der Waals surface area contributed by atoms with Crippen LogP contribution in [0.3, 0.4) is 0 Å². The summed E-state index contributed by atoms with van der Waals surface area (Å²) in [5.74, 6) is -3.42. The Kier molecular flexibility index (Phi) is 9.82. The SMILES string of the molecule is CC(C)(C)OC(=O)N1C[C@H]2C[C@]1(C(=O)[C@]13C[C@H](CN1C(=O)OC(C)(C)C)[C@H]3F)[C@@H]2F.CC(C)(C)OC(=O)N1C[C@H]2C[C@]1(C(=O)[C@]13C[C@H](CN1C(=O)OC(C)(C)C)[C@H]3F)[C@@H]2F. The highest BCUT2D eigenvalue weighted by atomic mass is 19.1. The van der Waals surface area contributed by atoms with Gasteiger partial charge < -0.3 is 18.9 Å². The van der Waals surface area contributed by atoms with Crippen molar-refractivity contribution in [3.05, 3.63) is 0 Å². The van der Waals surface area contributed by atoms with E-state index in [1.165, 1.54) is 0 Å². The number of rotatable bonds is 4. The summed E-state index contributed by atoms with van der Waals surface area (Å²) >= 11 is 0. The largest absolute Gasteiger partial charge is 0.444 e. The topological polar surface area (TPSA) is 152 Å². The van der Waals surface area contributed by atoms with E-state index in [-0.39, 0.29) is 51.9 Å². The maximum absolute atomic E-state index is 15.2. The zero-order chi connectivity index (χ0) is 44.9. The predicted molar refractivity (Wildman–Crippen MR) is 205 cm³/mol. The third-order valence-electron chi connectivity index (χ3n) is 13.4. The van der Waals surface area contributed by atoms with Gasteiger partial charge in [0.2, 0.25) is 0 Å². The van der Waals surface area contributed by atoms with E-state index in [1.54, 1.807) is 83.1 Å². The van der Waals surface area contributed by atoms with Gasteiger partial charge in [0.05, 0.1) is 0 Å². The fourth-order valence-electron chi connectivity index (χ4n) is 11.0. The number of nitrogens with zero attached hydrogens (tertiary/aromatic N) is 4. The summed E-state index contributed by atoms with van der Waals surface area (Å²) in [7, 11) is 0. The Balaban J connectivity index is 0.000000181. The van der Waals surface area contributed by atoms with Crippen LogP contribution in [-0.4, -0.2) is 151 Å². The van der Waals surface area contributed by atoms with E-state index >= 15 is 17.6 Å². The Morgan fingerprint density at radius 3 is 0.683 bits per heavy atom. The maximum atomic E-state index is 15.2. The van der Waals surface area contributed by atoms with Crippen LogP contribution in [0, 0.1) is 23.7 Å². The van der Waals surface area contributed by atoms with Crippen LogP contribution in [-0.2, 0) is 28.5 Å². The molecule has 0 unspecified atom stereocenters. The summed E-state index contributed by atoms with van der Waals surface area (Å²) in [6.07, 6.45) is -9.07. The summed E-state index contributed by atoms with van der Waals surface area (Å²) in [5, 5.41) is 0. The van der Waals surface area contributed by atoms with Gasteiger partial charge in [-0.1, -0.05) is 0 Å². The molecule has 8 heterocycles. The molecule has 4 aliphatic carbocycles. The van der Waals surface area contributed by atoms with Crippen molar-refractivity contribution in [1.82, 2.24) is 19.6 Å². The molecule has 60 heavy (non-hydrogen) atoms. The van der Waals surface area contributed by atoms with Gasteiger partial charge in [-0.3, -0.25) is 29.2 Å². The van der Waals surface area contributed by atoms with Gasteiger partial charge in [0.1, 0.15) is 69.2 Å². The van der Waals surface area contributed by atoms with Crippen molar-refractivity contribution in [3.8, 4) is 0 Å². The van der Waals surface area contributed by atoms with E-state index in [4.69, 9.17) is 18.9 Å². The molecule has 0 aromatic carbocycles. The van der Waals surface area contributed by atoms with Crippen molar-refractivity contribution in [3.63, 3.8) is 0 Å². The van der Waals surface area contributed by atoms with Crippen molar-refractivity contribution in [2.75, 3.05) is 26.2 Å². The van der Waals surface area contributed by atoms with Crippen molar-refractivity contribution in [2.45, 2.75) is 178 Å². The summed E-state index contributed by atoms with van der Waals surface area (Å²) in [6, 6.07) is 0. The molecule has 8 saturated heterocycles. The lowest BCUT2D eigenvalue weighted by atomic mass is 9.58. The van der Waals surface area contributed by atoms with E-state index in [0.29, 0.717) is 0 Å². The first-order chi connectivity index (χ1) is 27.3. The first-order valence-corrected chi connectivity index (χ1v) is 21.0. The van der Waals surface area contributed by atoms with E-state index < -0.39 is 129 Å². The molecule has 0 aromatic heterocycles. The molecule has 0 aromatic rings. The van der Waals surface area contributed by atoms with Gasteiger partial charge in [0.15, 0.2) is 11.6 Å². The smallest absolute Gasteiger partial charge is 0.411 e. The van der Waals surface area contributed by atoms with Crippen LogP contribution in [0.2, 0.25) is 0 Å². The number of halogens is 4. The van der Waals surface area contributed by atoms with Gasteiger partial charge in [-0.25, -0.2) is 36.7 Å². The first-order valence-electron chi connectivity index (χ1n) is 21.0. The van der Waals surface area contributed by atoms with Crippen LogP contribution in [0.4, 0.5) is 36.7 Å². The van der Waals surface area contributed by atoms with Crippen LogP contribution in [0.1, 0.15) is 109 Å². The second kappa shape index (κ2) is 13.3. The Labute approximate surface area is 348 Å². The van der Waals surface area contributed by atoms with Crippen LogP contribution in [0.5, 0.6) is 0 Å². The number of fused-ring (bicyclic) bond motifs is 4. The van der Waals surface area contributed by atoms with Crippen molar-refractivity contribution < 1.29 is 65.3 Å². The lowest BCUT2D eigenvalue weighted by molar-refractivity contribution is -0.158. The van der Waals surface area contributed by atoms with E-state index in [1.807, 2.05) is 0 Å². The van der Waals surface area contributed by atoms with Crippen LogP contribution in [0.15, 0.2) is 0 Å². The minimum absolute atomic E-state index is 0.0463. The number of ether oxygens (including phenoxy) is 4. The van der Waals surface area contributed by atoms with Crippen LogP contribution < -0.4 is 0 Å². The number of ketones is 2. The zero-order valence-electron chi connectivity index (χ0n) is 36.7. The highest BCUT2D eigenvalue weighted by molar-refractivity contribution is 6.06. The summed E-state index contributed by atoms with van der Waals surface area (Å²) < 4.78 is 82.2. The van der Waals surface area contributed by atoms with Crippen LogP contribution in [0.25, 0.3) is 0 Å². The molecule has 12 atom stereocenters. The molecule has 12 rings (SSSR count). The second-order valence-electron chi connectivity index (χ2n) is 22.2. The predicted octanol–water partition coefficient (Wildman–Crippen LogP) is 6.50. The third kappa shape index (κ3) is 6.27. The molecule has 0 radical (unpaired) electrons. The Morgan fingerprint density at radius 1 is 0.383 bits per heavy atom. The normalized spacial score (nSPS) is 39.3. The molecule has 8 bridgehead atoms. The van der Waals surface area contributed by atoms with Crippen molar-refractivity contribution in [1.29, 1.82) is 0 Å². The Morgan fingerprint density at radius 2 is 0.550 bits per heavy atom. The molecule has 4 amide bonds. The minimum Gasteiger partial charge on any atom is -0.444 e. The monoisotopic (exact) mass is 856 g/mol. The molecule has 4 saturated carbocycles. The highest BCUT2D eigenvalue weighted by Gasteiger charge is 2.82.